The van der Waals surface area contributed by atoms with Crippen molar-refractivity contribution in [3.8, 4) is 0 Å². The first-order chi connectivity index (χ1) is 11.9. The molecule has 1 rings (SSSR count). The smallest absolute Gasteiger partial charge is 0.408 e. The highest BCUT2D eigenvalue weighted by molar-refractivity contribution is 5.82. The van der Waals surface area contributed by atoms with Gasteiger partial charge in [-0.05, 0) is 24.1 Å². The number of hydrogen-bond acceptors (Lipinski definition) is 8. The maximum atomic E-state index is 11.8. The van der Waals surface area contributed by atoms with Crippen LogP contribution in [0.25, 0.3) is 0 Å². The van der Waals surface area contributed by atoms with Crippen molar-refractivity contribution in [3.05, 3.63) is 39.9 Å². The molecular weight excluding hydrogens is 336 g/mol. The van der Waals surface area contributed by atoms with Crippen LogP contribution in [0.15, 0.2) is 24.3 Å². The first kappa shape index (κ1) is 19.9. The minimum Gasteiger partial charge on any atom is -0.469 e. The Kier molecular flexibility index (Phi) is 7.83. The standard InChI is InChI=1S/C15H18N2O8/c1-23-13(18)8-7-12(14(19)24-2)16-15(20)25-9-10-3-5-11(6-4-10)17(21)22/h3-6,12H,7-9H2,1-2H3,(H,16,20)/t12-/m1/s1. The summed E-state index contributed by atoms with van der Waals surface area (Å²) in [5.41, 5.74) is 0.451. The third-order valence-corrected chi connectivity index (χ3v) is 3.16. The van der Waals surface area contributed by atoms with Crippen molar-refractivity contribution < 1.29 is 33.5 Å². The molecule has 0 fully saturated rings. The second-order valence-corrected chi connectivity index (χ2v) is 4.83. The lowest BCUT2D eigenvalue weighted by Crippen LogP contribution is -2.42. The van der Waals surface area contributed by atoms with Crippen molar-refractivity contribution in [1.82, 2.24) is 5.32 Å². The minimum absolute atomic E-state index is 0.00796. The Morgan fingerprint density at radius 3 is 2.32 bits per heavy atom. The molecule has 0 radical (unpaired) electrons. The van der Waals surface area contributed by atoms with Crippen LogP contribution < -0.4 is 5.32 Å². The van der Waals surface area contributed by atoms with Crippen molar-refractivity contribution >= 4 is 23.7 Å². The normalized spacial score (nSPS) is 11.1. The van der Waals surface area contributed by atoms with Crippen molar-refractivity contribution in [2.24, 2.45) is 0 Å². The second kappa shape index (κ2) is 9.85. The predicted octanol–water partition coefficient (Wildman–Crippen LogP) is 1.32. The molecule has 0 aromatic heterocycles. The van der Waals surface area contributed by atoms with Gasteiger partial charge in [0, 0.05) is 18.6 Å². The fraction of sp³-hybridized carbons (Fsp3) is 0.400. The van der Waals surface area contributed by atoms with Gasteiger partial charge < -0.3 is 19.5 Å². The number of hydrogen-bond donors (Lipinski definition) is 1. The molecule has 1 atom stereocenters. The summed E-state index contributed by atoms with van der Waals surface area (Å²) in [6.45, 7) is -0.144. The van der Waals surface area contributed by atoms with Crippen LogP contribution in [0.3, 0.4) is 0 Å². The van der Waals surface area contributed by atoms with E-state index in [0.717, 1.165) is 7.11 Å². The molecule has 1 N–H and O–H groups in total. The largest absolute Gasteiger partial charge is 0.469 e. The molecule has 10 nitrogen and oxygen atoms in total. The molecule has 0 aliphatic carbocycles. The highest BCUT2D eigenvalue weighted by atomic mass is 16.6. The van der Waals surface area contributed by atoms with Gasteiger partial charge in [0.25, 0.3) is 5.69 Å². The number of rotatable bonds is 8. The number of nitrogens with zero attached hydrogens (tertiary/aromatic N) is 1. The van der Waals surface area contributed by atoms with Gasteiger partial charge in [0.15, 0.2) is 0 Å². The molecule has 0 saturated heterocycles. The van der Waals surface area contributed by atoms with Gasteiger partial charge >= 0.3 is 18.0 Å². The van der Waals surface area contributed by atoms with Crippen molar-refractivity contribution in [2.45, 2.75) is 25.5 Å². The molecule has 1 aromatic rings. The number of carbonyl (C=O) groups is 3. The summed E-state index contributed by atoms with van der Waals surface area (Å²) in [5.74, 6) is -1.26. The number of methoxy groups -OCH3 is 2. The van der Waals surface area contributed by atoms with Crippen molar-refractivity contribution in [2.75, 3.05) is 14.2 Å². The third kappa shape index (κ3) is 6.85. The molecule has 0 unspecified atom stereocenters. The Balaban J connectivity index is 2.54. The fourth-order valence-electron chi connectivity index (χ4n) is 1.80. The van der Waals surface area contributed by atoms with E-state index < -0.39 is 29.0 Å². The summed E-state index contributed by atoms with van der Waals surface area (Å²) >= 11 is 0. The lowest BCUT2D eigenvalue weighted by Gasteiger charge is -2.15. The number of alkyl carbamates (subject to hydrolysis) is 1. The van der Waals surface area contributed by atoms with Crippen LogP contribution in [-0.4, -0.2) is 43.2 Å². The highest BCUT2D eigenvalue weighted by Gasteiger charge is 2.23. The average molecular weight is 354 g/mol. The molecule has 25 heavy (non-hydrogen) atoms. The van der Waals surface area contributed by atoms with Crippen LogP contribution in [-0.2, 0) is 30.4 Å². The van der Waals surface area contributed by atoms with E-state index in [1.54, 1.807) is 0 Å². The molecule has 0 heterocycles. The molecule has 136 valence electrons. The van der Waals surface area contributed by atoms with E-state index in [9.17, 15) is 24.5 Å². The number of benzene rings is 1. The van der Waals surface area contributed by atoms with Crippen LogP contribution in [0.5, 0.6) is 0 Å². The van der Waals surface area contributed by atoms with Crippen LogP contribution in [0.4, 0.5) is 10.5 Å². The van der Waals surface area contributed by atoms with E-state index in [4.69, 9.17) is 4.74 Å². The van der Waals surface area contributed by atoms with Crippen LogP contribution in [0.2, 0.25) is 0 Å². The van der Waals surface area contributed by atoms with Gasteiger partial charge in [-0.3, -0.25) is 14.9 Å². The fourth-order valence-corrected chi connectivity index (χ4v) is 1.80. The van der Waals surface area contributed by atoms with Gasteiger partial charge in [0.2, 0.25) is 0 Å². The summed E-state index contributed by atoms with van der Waals surface area (Å²) in [4.78, 5) is 44.5. The number of amides is 1. The number of ether oxygens (including phenoxy) is 3. The van der Waals surface area contributed by atoms with Crippen LogP contribution >= 0.6 is 0 Å². The van der Waals surface area contributed by atoms with Gasteiger partial charge in [-0.1, -0.05) is 0 Å². The Labute approximate surface area is 143 Å². The number of esters is 2. The van der Waals surface area contributed by atoms with E-state index in [1.807, 2.05) is 0 Å². The number of nitrogens with one attached hydrogen (secondary N) is 1. The van der Waals surface area contributed by atoms with Gasteiger partial charge in [-0.15, -0.1) is 0 Å². The van der Waals surface area contributed by atoms with Crippen LogP contribution in [0, 0.1) is 10.1 Å². The average Bonchev–Trinajstić information content (AvgIpc) is 2.62. The molecule has 0 bridgehead atoms. The maximum Gasteiger partial charge on any atom is 0.408 e. The zero-order chi connectivity index (χ0) is 18.8. The quantitative estimate of drug-likeness (QED) is 0.320. The summed E-state index contributed by atoms with van der Waals surface area (Å²) in [5, 5.41) is 12.9. The monoisotopic (exact) mass is 354 g/mol. The SMILES string of the molecule is COC(=O)CC[C@@H](NC(=O)OCc1ccc([N+](=O)[O-])cc1)C(=O)OC. The number of carbonyl (C=O) groups excluding carboxylic acids is 3. The van der Waals surface area contributed by atoms with E-state index in [1.165, 1.54) is 31.4 Å². The Hall–Kier alpha value is -3.17. The topological polar surface area (TPSA) is 134 Å². The zero-order valence-corrected chi connectivity index (χ0v) is 13.7. The Morgan fingerprint density at radius 2 is 1.80 bits per heavy atom. The Bertz CT molecular complexity index is 629. The predicted molar refractivity (Wildman–Crippen MR) is 83.5 cm³/mol. The second-order valence-electron chi connectivity index (χ2n) is 4.83. The minimum atomic E-state index is -1.06. The van der Waals surface area contributed by atoms with Gasteiger partial charge in [-0.25, -0.2) is 9.59 Å². The lowest BCUT2D eigenvalue weighted by atomic mass is 10.1. The molecule has 0 saturated carbocycles. The Morgan fingerprint density at radius 1 is 1.16 bits per heavy atom. The maximum absolute atomic E-state index is 11.8. The first-order valence-corrected chi connectivity index (χ1v) is 7.18. The molecule has 0 spiro atoms. The van der Waals surface area contributed by atoms with E-state index in [2.05, 4.69) is 14.8 Å². The zero-order valence-electron chi connectivity index (χ0n) is 13.7. The number of non-ortho nitro benzene ring substituents is 1. The number of nitro benzene ring substituents is 1. The van der Waals surface area contributed by atoms with Crippen LogP contribution in [0.1, 0.15) is 18.4 Å². The molecule has 0 aliphatic rings. The molecule has 0 aliphatic heterocycles. The number of nitro groups is 1. The third-order valence-electron chi connectivity index (χ3n) is 3.16. The van der Waals surface area contributed by atoms with E-state index in [-0.39, 0.29) is 25.1 Å². The summed E-state index contributed by atoms with van der Waals surface area (Å²) in [7, 11) is 2.36. The van der Waals surface area contributed by atoms with Gasteiger partial charge in [0.05, 0.1) is 19.1 Å². The van der Waals surface area contributed by atoms with E-state index in [0.29, 0.717) is 5.56 Å². The molecule has 1 amide bonds. The molecular formula is C15H18N2O8. The molecule has 10 heteroatoms. The van der Waals surface area contributed by atoms with Crippen molar-refractivity contribution in [1.29, 1.82) is 0 Å². The lowest BCUT2D eigenvalue weighted by molar-refractivity contribution is -0.384. The van der Waals surface area contributed by atoms with Gasteiger partial charge in [-0.2, -0.15) is 0 Å². The summed E-state index contributed by atoms with van der Waals surface area (Å²) in [6, 6.07) is 4.39. The highest BCUT2D eigenvalue weighted by Crippen LogP contribution is 2.12. The van der Waals surface area contributed by atoms with Gasteiger partial charge in [0.1, 0.15) is 12.6 Å². The molecule has 1 aromatic carbocycles. The van der Waals surface area contributed by atoms with E-state index >= 15 is 0 Å². The summed E-state index contributed by atoms with van der Waals surface area (Å²) in [6.07, 6.45) is -0.983. The first-order valence-electron chi connectivity index (χ1n) is 7.18. The van der Waals surface area contributed by atoms with Crippen molar-refractivity contribution in [3.63, 3.8) is 0 Å². The summed E-state index contributed by atoms with van der Waals surface area (Å²) < 4.78 is 14.0.